The normalized spacial score (nSPS) is 17.6. The molecule has 1 N–H and O–H groups in total. The molecule has 0 aromatic heterocycles. The van der Waals surface area contributed by atoms with Crippen LogP contribution in [-0.4, -0.2) is 48.3 Å². The number of hydrogen-bond donors (Lipinski definition) is 1. The Morgan fingerprint density at radius 1 is 1.48 bits per heavy atom. The molecule has 0 spiro atoms. The fourth-order valence-electron chi connectivity index (χ4n) is 2.77. The smallest absolute Gasteiger partial charge is 0.548 e. The molecule has 0 saturated carbocycles. The van der Waals surface area contributed by atoms with Gasteiger partial charge in [-0.2, -0.15) is 0 Å². The Morgan fingerprint density at radius 3 is 2.74 bits per heavy atom. The molecule has 1 aromatic rings. The van der Waals surface area contributed by atoms with Gasteiger partial charge in [0.2, 0.25) is 0 Å². The monoisotopic (exact) mass is 343 g/mol. The van der Waals surface area contributed by atoms with Gasteiger partial charge in [0.05, 0.1) is 25.2 Å². The molecule has 1 aromatic carbocycles. The number of methoxy groups -OCH3 is 1. The van der Waals surface area contributed by atoms with Gasteiger partial charge in [-0.1, -0.05) is 18.2 Å². The van der Waals surface area contributed by atoms with Crippen molar-refractivity contribution in [3.63, 3.8) is 0 Å². The Bertz CT molecular complexity index is 559. The second-order valence-electron chi connectivity index (χ2n) is 5.63. The zero-order chi connectivity index (χ0) is 16.1. The standard InChI is InChI=1S/C17H23NO4.K/c1-12(19)10-16(17(20)21)18-8-6-13(7-9-18)14-4-3-5-15(11-14)22-2;/h3-6,11-12,16,19H,7-10H2,1-2H3,(H,20,21);/q;+1/p-1. The number of aliphatic carboxylic acids is 1. The minimum atomic E-state index is -1.13. The molecular formula is C17H22KNO4. The van der Waals surface area contributed by atoms with Gasteiger partial charge < -0.3 is 19.7 Å². The van der Waals surface area contributed by atoms with Gasteiger partial charge in [-0.3, -0.25) is 4.90 Å². The van der Waals surface area contributed by atoms with Gasteiger partial charge in [0, 0.05) is 13.1 Å². The van der Waals surface area contributed by atoms with Crippen molar-refractivity contribution in [1.29, 1.82) is 0 Å². The molecule has 2 rings (SSSR count). The first-order chi connectivity index (χ1) is 10.5. The van der Waals surface area contributed by atoms with Gasteiger partial charge in [-0.15, -0.1) is 0 Å². The molecule has 0 amide bonds. The van der Waals surface area contributed by atoms with Gasteiger partial charge in [0.15, 0.2) is 0 Å². The van der Waals surface area contributed by atoms with Crippen LogP contribution in [0, 0.1) is 0 Å². The van der Waals surface area contributed by atoms with Crippen molar-refractivity contribution in [1.82, 2.24) is 4.90 Å². The third-order valence-corrected chi connectivity index (χ3v) is 3.96. The van der Waals surface area contributed by atoms with Crippen LogP contribution in [0.15, 0.2) is 30.3 Å². The van der Waals surface area contributed by atoms with Gasteiger partial charge in [0.1, 0.15) is 5.75 Å². The van der Waals surface area contributed by atoms with E-state index in [9.17, 15) is 15.0 Å². The molecule has 0 radical (unpaired) electrons. The second kappa shape index (κ2) is 9.93. The number of aliphatic hydroxyl groups is 1. The second-order valence-corrected chi connectivity index (χ2v) is 5.63. The topological polar surface area (TPSA) is 72.8 Å². The summed E-state index contributed by atoms with van der Waals surface area (Å²) in [5, 5.41) is 20.7. The summed E-state index contributed by atoms with van der Waals surface area (Å²) < 4.78 is 5.23. The molecule has 6 heteroatoms. The number of ether oxygens (including phenoxy) is 1. The van der Waals surface area contributed by atoms with E-state index in [4.69, 9.17) is 4.74 Å². The molecular weight excluding hydrogens is 321 g/mol. The third kappa shape index (κ3) is 5.97. The van der Waals surface area contributed by atoms with Crippen molar-refractivity contribution in [2.75, 3.05) is 20.2 Å². The van der Waals surface area contributed by atoms with Crippen molar-refractivity contribution in [3.8, 4) is 5.75 Å². The SMILES string of the molecule is COc1cccc(C2=CCN(C(CC(C)O)C(=O)[O-])CC2)c1.[K+]. The predicted octanol–water partition coefficient (Wildman–Crippen LogP) is -2.32. The minimum Gasteiger partial charge on any atom is -0.548 e. The Labute approximate surface area is 179 Å². The summed E-state index contributed by atoms with van der Waals surface area (Å²) in [7, 11) is 1.64. The van der Waals surface area contributed by atoms with E-state index in [1.165, 1.54) is 5.57 Å². The number of carbonyl (C=O) groups excluding carboxylic acids is 1. The maximum absolute atomic E-state index is 11.3. The minimum absolute atomic E-state index is 0. The average molecular weight is 343 g/mol. The quantitative estimate of drug-likeness (QED) is 0.587. The Morgan fingerprint density at radius 2 is 2.22 bits per heavy atom. The van der Waals surface area contributed by atoms with E-state index in [-0.39, 0.29) is 57.8 Å². The van der Waals surface area contributed by atoms with E-state index in [0.717, 1.165) is 17.7 Å². The van der Waals surface area contributed by atoms with Crippen LogP contribution in [0.4, 0.5) is 0 Å². The van der Waals surface area contributed by atoms with Crippen LogP contribution in [-0.2, 0) is 4.79 Å². The van der Waals surface area contributed by atoms with E-state index in [1.807, 2.05) is 35.2 Å². The van der Waals surface area contributed by atoms with Gasteiger partial charge in [-0.25, -0.2) is 0 Å². The molecule has 2 atom stereocenters. The number of aliphatic hydroxyl groups excluding tert-OH is 1. The van der Waals surface area contributed by atoms with Crippen LogP contribution >= 0.6 is 0 Å². The first kappa shape index (κ1) is 20.8. The van der Waals surface area contributed by atoms with Gasteiger partial charge in [0.25, 0.3) is 0 Å². The molecule has 1 aliphatic rings. The fraction of sp³-hybridized carbons (Fsp3) is 0.471. The van der Waals surface area contributed by atoms with Crippen LogP contribution in [0.3, 0.4) is 0 Å². The van der Waals surface area contributed by atoms with E-state index in [0.29, 0.717) is 13.1 Å². The first-order valence-electron chi connectivity index (χ1n) is 7.47. The predicted molar refractivity (Wildman–Crippen MR) is 82.3 cm³/mol. The summed E-state index contributed by atoms with van der Waals surface area (Å²) in [4.78, 5) is 13.1. The van der Waals surface area contributed by atoms with Crippen LogP contribution in [0.25, 0.3) is 5.57 Å². The number of carbonyl (C=O) groups is 1. The maximum atomic E-state index is 11.3. The molecule has 0 fully saturated rings. The first-order valence-corrected chi connectivity index (χ1v) is 7.47. The third-order valence-electron chi connectivity index (χ3n) is 3.96. The van der Waals surface area contributed by atoms with E-state index >= 15 is 0 Å². The zero-order valence-electron chi connectivity index (χ0n) is 14.0. The summed E-state index contributed by atoms with van der Waals surface area (Å²) in [6.07, 6.45) is 2.32. The van der Waals surface area contributed by atoms with E-state index in [2.05, 4.69) is 0 Å². The Kier molecular flexibility index (Phi) is 8.99. The van der Waals surface area contributed by atoms with Crippen LogP contribution < -0.4 is 61.2 Å². The zero-order valence-corrected chi connectivity index (χ0v) is 17.1. The molecule has 23 heavy (non-hydrogen) atoms. The van der Waals surface area contributed by atoms with Crippen LogP contribution in [0.5, 0.6) is 5.75 Å². The number of carboxylic acids is 1. The Hall–Kier alpha value is -0.214. The summed E-state index contributed by atoms with van der Waals surface area (Å²) >= 11 is 0. The van der Waals surface area contributed by atoms with E-state index in [1.54, 1.807) is 14.0 Å². The summed E-state index contributed by atoms with van der Waals surface area (Å²) in [5.41, 5.74) is 2.28. The summed E-state index contributed by atoms with van der Waals surface area (Å²) in [5.74, 6) is -0.318. The number of hydrogen-bond acceptors (Lipinski definition) is 5. The molecule has 1 heterocycles. The molecule has 120 valence electrons. The fourth-order valence-corrected chi connectivity index (χ4v) is 2.77. The number of nitrogens with zero attached hydrogens (tertiary/aromatic N) is 1. The number of carboxylic acid groups (broad SMARTS) is 1. The largest absolute Gasteiger partial charge is 1.00 e. The maximum Gasteiger partial charge on any atom is 1.00 e. The summed E-state index contributed by atoms with van der Waals surface area (Å²) in [6, 6.07) is 7.10. The van der Waals surface area contributed by atoms with Gasteiger partial charge in [-0.05, 0) is 43.0 Å². The van der Waals surface area contributed by atoms with Crippen molar-refractivity contribution >= 4 is 11.5 Å². The molecule has 2 unspecified atom stereocenters. The van der Waals surface area contributed by atoms with Crippen molar-refractivity contribution in [3.05, 3.63) is 35.9 Å². The number of benzene rings is 1. The van der Waals surface area contributed by atoms with E-state index < -0.39 is 18.1 Å². The van der Waals surface area contributed by atoms with Gasteiger partial charge >= 0.3 is 51.4 Å². The van der Waals surface area contributed by atoms with Crippen molar-refractivity contribution < 1.29 is 71.1 Å². The molecule has 0 aliphatic carbocycles. The van der Waals surface area contributed by atoms with Crippen LogP contribution in [0.2, 0.25) is 0 Å². The van der Waals surface area contributed by atoms with Crippen molar-refractivity contribution in [2.24, 2.45) is 0 Å². The summed E-state index contributed by atoms with van der Waals surface area (Å²) in [6.45, 7) is 2.77. The molecule has 0 bridgehead atoms. The molecule has 0 saturated heterocycles. The van der Waals surface area contributed by atoms with Crippen LogP contribution in [0.1, 0.15) is 25.3 Å². The number of rotatable bonds is 6. The average Bonchev–Trinajstić information content (AvgIpc) is 2.52. The molecule has 1 aliphatic heterocycles. The Balaban J connectivity index is 0.00000264. The van der Waals surface area contributed by atoms with Crippen molar-refractivity contribution in [2.45, 2.75) is 31.9 Å². The molecule has 5 nitrogen and oxygen atoms in total.